The Kier molecular flexibility index (Phi) is 9.06. The molecule has 0 aliphatic rings. The van der Waals surface area contributed by atoms with Crippen LogP contribution in [0.4, 0.5) is 0 Å². The van der Waals surface area contributed by atoms with Gasteiger partial charge in [-0.2, -0.15) is 5.10 Å². The molecule has 0 aliphatic heterocycles. The minimum Gasteiger partial charge on any atom is -0.490 e. The Bertz CT molecular complexity index is 1440. The second-order valence-electron chi connectivity index (χ2n) is 7.70. The largest absolute Gasteiger partial charge is 0.490 e. The van der Waals surface area contributed by atoms with Crippen LogP contribution in [0.3, 0.4) is 0 Å². The Morgan fingerprint density at radius 2 is 1.81 bits per heavy atom. The molecule has 37 heavy (non-hydrogen) atoms. The van der Waals surface area contributed by atoms with Crippen LogP contribution in [-0.2, 0) is 11.4 Å². The molecule has 1 amide bonds. The monoisotopic (exact) mass is 557 g/mol. The van der Waals surface area contributed by atoms with Crippen molar-refractivity contribution in [3.63, 3.8) is 0 Å². The summed E-state index contributed by atoms with van der Waals surface area (Å²) in [5.74, 6) is 0.883. The molecule has 0 saturated heterocycles. The van der Waals surface area contributed by atoms with Crippen LogP contribution in [0.2, 0.25) is 15.1 Å². The summed E-state index contributed by atoms with van der Waals surface area (Å²) in [4.78, 5) is 16.5. The van der Waals surface area contributed by atoms with Crippen molar-refractivity contribution in [3.8, 4) is 17.2 Å². The van der Waals surface area contributed by atoms with Gasteiger partial charge in [0.25, 0.3) is 5.91 Å². The zero-order valence-electron chi connectivity index (χ0n) is 19.7. The molecule has 1 aromatic heterocycles. The van der Waals surface area contributed by atoms with Gasteiger partial charge in [0, 0.05) is 27.2 Å². The summed E-state index contributed by atoms with van der Waals surface area (Å²) in [5, 5.41) is 6.26. The molecule has 0 unspecified atom stereocenters. The molecule has 0 atom stereocenters. The lowest BCUT2D eigenvalue weighted by Gasteiger charge is -2.15. The number of aromatic nitrogens is 1. The van der Waals surface area contributed by atoms with Gasteiger partial charge < -0.3 is 14.2 Å². The molecule has 0 saturated carbocycles. The normalized spacial score (nSPS) is 11.0. The third kappa shape index (κ3) is 7.04. The Morgan fingerprint density at radius 1 is 0.973 bits per heavy atom. The molecular formula is C27H22Cl3N3O4. The molecule has 0 spiro atoms. The van der Waals surface area contributed by atoms with Gasteiger partial charge in [0.15, 0.2) is 18.1 Å². The van der Waals surface area contributed by atoms with Gasteiger partial charge in [0.1, 0.15) is 17.9 Å². The van der Waals surface area contributed by atoms with Gasteiger partial charge in [-0.1, -0.05) is 59.1 Å². The first-order chi connectivity index (χ1) is 17.9. The summed E-state index contributed by atoms with van der Waals surface area (Å²) in [6.07, 6.45) is 3.12. The average molecular weight is 559 g/mol. The van der Waals surface area contributed by atoms with Crippen LogP contribution in [0, 0.1) is 0 Å². The van der Waals surface area contributed by atoms with E-state index >= 15 is 0 Å². The highest BCUT2D eigenvalue weighted by Gasteiger charge is 2.14. The van der Waals surface area contributed by atoms with Crippen LogP contribution in [0.5, 0.6) is 17.2 Å². The second kappa shape index (κ2) is 12.6. The number of benzene rings is 3. The SMILES string of the molecule is CCOc1cc(/C=N/NC(=O)COc2cccc3cccnc23)cc(Cl)c1OCc1ccc(Cl)cc1Cl. The van der Waals surface area contributed by atoms with Gasteiger partial charge >= 0.3 is 0 Å². The molecule has 4 rings (SSSR count). The van der Waals surface area contributed by atoms with E-state index in [4.69, 9.17) is 49.0 Å². The first-order valence-corrected chi connectivity index (χ1v) is 12.4. The molecule has 7 nitrogen and oxygen atoms in total. The first-order valence-electron chi connectivity index (χ1n) is 11.3. The number of ether oxygens (including phenoxy) is 3. The third-order valence-corrected chi connectivity index (χ3v) is 5.94. The number of fused-ring (bicyclic) bond motifs is 1. The number of para-hydroxylation sites is 1. The Morgan fingerprint density at radius 3 is 2.62 bits per heavy atom. The van der Waals surface area contributed by atoms with E-state index in [-0.39, 0.29) is 13.2 Å². The molecule has 0 bridgehead atoms. The zero-order valence-corrected chi connectivity index (χ0v) is 22.0. The number of nitrogens with one attached hydrogen (secondary N) is 1. The lowest BCUT2D eigenvalue weighted by molar-refractivity contribution is -0.123. The van der Waals surface area contributed by atoms with Crippen molar-refractivity contribution in [1.29, 1.82) is 0 Å². The van der Waals surface area contributed by atoms with Crippen LogP contribution in [0.15, 0.2) is 72.0 Å². The number of rotatable bonds is 10. The Balaban J connectivity index is 1.38. The maximum Gasteiger partial charge on any atom is 0.277 e. The Labute approximate surface area is 228 Å². The molecule has 0 fully saturated rings. The number of carbonyl (C=O) groups is 1. The molecule has 4 aromatic rings. The number of hydrogen-bond donors (Lipinski definition) is 1. The van der Waals surface area contributed by atoms with Gasteiger partial charge in [-0.3, -0.25) is 9.78 Å². The minimum absolute atomic E-state index is 0.172. The van der Waals surface area contributed by atoms with Gasteiger partial charge in [0.05, 0.1) is 17.8 Å². The highest BCUT2D eigenvalue weighted by molar-refractivity contribution is 6.35. The van der Waals surface area contributed by atoms with Crippen molar-refractivity contribution in [2.75, 3.05) is 13.2 Å². The number of halogens is 3. The van der Waals surface area contributed by atoms with Crippen molar-refractivity contribution < 1.29 is 19.0 Å². The van der Waals surface area contributed by atoms with Crippen molar-refractivity contribution in [2.24, 2.45) is 5.10 Å². The van der Waals surface area contributed by atoms with Gasteiger partial charge in [-0.15, -0.1) is 0 Å². The third-order valence-electron chi connectivity index (χ3n) is 5.08. The van der Waals surface area contributed by atoms with E-state index in [0.29, 0.717) is 50.0 Å². The topological polar surface area (TPSA) is 82.0 Å². The van der Waals surface area contributed by atoms with E-state index in [1.165, 1.54) is 6.21 Å². The highest BCUT2D eigenvalue weighted by atomic mass is 35.5. The summed E-state index contributed by atoms with van der Waals surface area (Å²) in [6.45, 7) is 2.19. The molecule has 0 aliphatic carbocycles. The standard InChI is InChI=1S/C27H22Cl3N3O4/c1-2-35-24-12-17(11-22(30)27(24)37-15-19-8-9-20(28)13-21(19)29)14-32-33-25(34)16-36-23-7-3-5-18-6-4-10-31-26(18)23/h3-14H,2,15-16H2,1H3,(H,33,34)/b32-14+. The van der Waals surface area contributed by atoms with Gasteiger partial charge in [-0.05, 0) is 48.9 Å². The maximum atomic E-state index is 12.2. The molecule has 3 aromatic carbocycles. The van der Waals surface area contributed by atoms with Crippen LogP contribution >= 0.6 is 34.8 Å². The molecule has 190 valence electrons. The van der Waals surface area contributed by atoms with Crippen LogP contribution in [-0.4, -0.2) is 30.3 Å². The van der Waals surface area contributed by atoms with E-state index in [9.17, 15) is 4.79 Å². The molecule has 0 radical (unpaired) electrons. The number of carbonyl (C=O) groups excluding carboxylic acids is 1. The number of pyridine rings is 1. The van der Waals surface area contributed by atoms with Crippen LogP contribution in [0.25, 0.3) is 10.9 Å². The van der Waals surface area contributed by atoms with E-state index < -0.39 is 5.91 Å². The molecular weight excluding hydrogens is 537 g/mol. The van der Waals surface area contributed by atoms with Crippen molar-refractivity contribution >= 4 is 57.8 Å². The summed E-state index contributed by atoms with van der Waals surface area (Å²) < 4.78 is 17.2. The van der Waals surface area contributed by atoms with E-state index in [1.54, 1.807) is 42.6 Å². The van der Waals surface area contributed by atoms with Crippen molar-refractivity contribution in [2.45, 2.75) is 13.5 Å². The Hall–Kier alpha value is -3.52. The minimum atomic E-state index is -0.430. The molecule has 1 heterocycles. The fourth-order valence-corrected chi connectivity index (χ4v) is 4.14. The number of nitrogens with zero attached hydrogens (tertiary/aromatic N) is 2. The van der Waals surface area contributed by atoms with E-state index in [2.05, 4.69) is 15.5 Å². The van der Waals surface area contributed by atoms with E-state index in [1.807, 2.05) is 31.2 Å². The highest BCUT2D eigenvalue weighted by Crippen LogP contribution is 2.37. The van der Waals surface area contributed by atoms with E-state index in [0.717, 1.165) is 10.9 Å². The van der Waals surface area contributed by atoms with Gasteiger partial charge in [0.2, 0.25) is 0 Å². The van der Waals surface area contributed by atoms with Crippen LogP contribution < -0.4 is 19.6 Å². The predicted octanol–water partition coefficient (Wildman–Crippen LogP) is 6.70. The lowest BCUT2D eigenvalue weighted by atomic mass is 10.2. The number of amides is 1. The summed E-state index contributed by atoms with van der Waals surface area (Å²) in [5.41, 5.74) is 4.47. The number of hydrazone groups is 1. The predicted molar refractivity (Wildman–Crippen MR) is 146 cm³/mol. The van der Waals surface area contributed by atoms with Gasteiger partial charge in [-0.25, -0.2) is 5.43 Å². The lowest BCUT2D eigenvalue weighted by Crippen LogP contribution is -2.24. The maximum absolute atomic E-state index is 12.2. The quantitative estimate of drug-likeness (QED) is 0.173. The summed E-state index contributed by atoms with van der Waals surface area (Å²) in [6, 6.07) is 17.8. The molecule has 10 heteroatoms. The summed E-state index contributed by atoms with van der Waals surface area (Å²) in [7, 11) is 0. The average Bonchev–Trinajstić information content (AvgIpc) is 2.88. The zero-order chi connectivity index (χ0) is 26.2. The first kappa shape index (κ1) is 26.5. The van der Waals surface area contributed by atoms with Crippen molar-refractivity contribution in [3.05, 3.63) is 93.1 Å². The second-order valence-corrected chi connectivity index (χ2v) is 8.95. The van der Waals surface area contributed by atoms with Crippen LogP contribution in [0.1, 0.15) is 18.1 Å². The molecule has 1 N–H and O–H groups in total. The van der Waals surface area contributed by atoms with Crippen molar-refractivity contribution in [1.82, 2.24) is 10.4 Å². The fraction of sp³-hybridized carbons (Fsp3) is 0.148. The summed E-state index contributed by atoms with van der Waals surface area (Å²) >= 11 is 18.7. The smallest absolute Gasteiger partial charge is 0.277 e. The fourth-order valence-electron chi connectivity index (χ4n) is 3.40. The number of hydrogen-bond acceptors (Lipinski definition) is 6.